The smallest absolute Gasteiger partial charge is 0.254 e. The van der Waals surface area contributed by atoms with Crippen LogP contribution in [0, 0.1) is 17.5 Å². The Morgan fingerprint density at radius 2 is 1.84 bits per heavy atom. The quantitative estimate of drug-likeness (QED) is 0.705. The van der Waals surface area contributed by atoms with Crippen molar-refractivity contribution in [2.24, 2.45) is 0 Å². The van der Waals surface area contributed by atoms with E-state index in [9.17, 15) is 18.0 Å². The van der Waals surface area contributed by atoms with Crippen LogP contribution in [0.4, 0.5) is 13.2 Å². The molecule has 0 fully saturated rings. The molecule has 4 nitrogen and oxygen atoms in total. The highest BCUT2D eigenvalue weighted by atomic mass is 32.1. The fourth-order valence-electron chi connectivity index (χ4n) is 2.16. The standard InChI is InChI=1S/C17H12F3N3OS/c18-12-2-1-11(15(19)16(12)20)17(24)22-8-5-14-23-13(9-25-14)10-3-6-21-7-4-10/h1-4,6-7,9H,5,8H2,(H,22,24). The fourth-order valence-corrected chi connectivity index (χ4v) is 2.97. The molecule has 0 spiro atoms. The maximum atomic E-state index is 13.6. The second-order valence-electron chi connectivity index (χ2n) is 5.09. The summed E-state index contributed by atoms with van der Waals surface area (Å²) >= 11 is 1.43. The number of nitrogens with zero attached hydrogens (tertiary/aromatic N) is 2. The van der Waals surface area contributed by atoms with E-state index in [1.807, 2.05) is 17.5 Å². The molecule has 25 heavy (non-hydrogen) atoms. The molecule has 1 aromatic carbocycles. The van der Waals surface area contributed by atoms with E-state index in [-0.39, 0.29) is 6.54 Å². The van der Waals surface area contributed by atoms with Crippen molar-refractivity contribution in [2.45, 2.75) is 6.42 Å². The van der Waals surface area contributed by atoms with Crippen molar-refractivity contribution in [1.82, 2.24) is 15.3 Å². The predicted octanol–water partition coefficient (Wildman–Crippen LogP) is 3.59. The van der Waals surface area contributed by atoms with Crippen LogP contribution in [0.1, 0.15) is 15.4 Å². The van der Waals surface area contributed by atoms with Crippen LogP contribution in [0.5, 0.6) is 0 Å². The molecule has 3 aromatic rings. The van der Waals surface area contributed by atoms with Crippen LogP contribution in [0.3, 0.4) is 0 Å². The largest absolute Gasteiger partial charge is 0.352 e. The number of benzene rings is 1. The fraction of sp³-hybridized carbons (Fsp3) is 0.118. The lowest BCUT2D eigenvalue weighted by molar-refractivity contribution is 0.0949. The number of pyridine rings is 1. The zero-order chi connectivity index (χ0) is 17.8. The van der Waals surface area contributed by atoms with Gasteiger partial charge in [-0.1, -0.05) is 0 Å². The van der Waals surface area contributed by atoms with E-state index in [2.05, 4.69) is 15.3 Å². The first-order valence-electron chi connectivity index (χ1n) is 7.32. The maximum Gasteiger partial charge on any atom is 0.254 e. The van der Waals surface area contributed by atoms with Crippen LogP contribution in [0.2, 0.25) is 0 Å². The highest BCUT2D eigenvalue weighted by Gasteiger charge is 2.18. The number of halogens is 3. The first-order valence-corrected chi connectivity index (χ1v) is 8.20. The van der Waals surface area contributed by atoms with E-state index < -0.39 is 28.9 Å². The van der Waals surface area contributed by atoms with Crippen LogP contribution in [0.25, 0.3) is 11.3 Å². The van der Waals surface area contributed by atoms with Crippen molar-refractivity contribution < 1.29 is 18.0 Å². The summed E-state index contributed by atoms with van der Waals surface area (Å²) in [5.74, 6) is -5.29. The Hall–Kier alpha value is -2.74. The lowest BCUT2D eigenvalue weighted by Gasteiger charge is -2.06. The molecular formula is C17H12F3N3OS. The number of carbonyl (C=O) groups excluding carboxylic acids is 1. The zero-order valence-electron chi connectivity index (χ0n) is 12.8. The van der Waals surface area contributed by atoms with Crippen LogP contribution in [0.15, 0.2) is 42.0 Å². The molecule has 2 aromatic heterocycles. The van der Waals surface area contributed by atoms with Gasteiger partial charge in [-0.15, -0.1) is 11.3 Å². The lowest BCUT2D eigenvalue weighted by Crippen LogP contribution is -2.27. The summed E-state index contributed by atoms with van der Waals surface area (Å²) in [6, 6.07) is 5.31. The van der Waals surface area contributed by atoms with Gasteiger partial charge in [-0.05, 0) is 24.3 Å². The number of aromatic nitrogens is 2. The van der Waals surface area contributed by atoms with Gasteiger partial charge in [0.15, 0.2) is 17.5 Å². The van der Waals surface area contributed by atoms with Crippen molar-refractivity contribution in [3.05, 3.63) is 70.1 Å². The molecule has 3 rings (SSSR count). The Morgan fingerprint density at radius 1 is 1.08 bits per heavy atom. The number of carbonyl (C=O) groups is 1. The van der Waals surface area contributed by atoms with Gasteiger partial charge in [0, 0.05) is 36.3 Å². The minimum Gasteiger partial charge on any atom is -0.352 e. The first kappa shape index (κ1) is 17.1. The average molecular weight is 363 g/mol. The van der Waals surface area contributed by atoms with E-state index in [1.165, 1.54) is 11.3 Å². The van der Waals surface area contributed by atoms with Gasteiger partial charge >= 0.3 is 0 Å². The molecular weight excluding hydrogens is 351 g/mol. The number of nitrogens with one attached hydrogen (secondary N) is 1. The first-order chi connectivity index (χ1) is 12.1. The van der Waals surface area contributed by atoms with Gasteiger partial charge in [0.2, 0.25) is 0 Å². The van der Waals surface area contributed by atoms with Crippen LogP contribution in [-0.4, -0.2) is 22.4 Å². The van der Waals surface area contributed by atoms with E-state index in [0.717, 1.165) is 28.4 Å². The molecule has 128 valence electrons. The van der Waals surface area contributed by atoms with Gasteiger partial charge in [0.05, 0.1) is 16.3 Å². The van der Waals surface area contributed by atoms with Gasteiger partial charge in [-0.3, -0.25) is 9.78 Å². The minimum atomic E-state index is -1.66. The Morgan fingerprint density at radius 3 is 2.60 bits per heavy atom. The number of hydrogen-bond acceptors (Lipinski definition) is 4. The predicted molar refractivity (Wildman–Crippen MR) is 87.7 cm³/mol. The number of rotatable bonds is 5. The molecule has 0 saturated heterocycles. The molecule has 0 aliphatic carbocycles. The summed E-state index contributed by atoms with van der Waals surface area (Å²) in [5, 5.41) is 5.15. The van der Waals surface area contributed by atoms with Crippen molar-refractivity contribution in [1.29, 1.82) is 0 Å². The molecule has 1 amide bonds. The molecule has 0 saturated carbocycles. The third-order valence-corrected chi connectivity index (χ3v) is 4.34. The summed E-state index contributed by atoms with van der Waals surface area (Å²) in [5.41, 5.74) is 1.21. The monoisotopic (exact) mass is 363 g/mol. The highest BCUT2D eigenvalue weighted by Crippen LogP contribution is 2.21. The molecule has 0 radical (unpaired) electrons. The molecule has 1 N–H and O–H groups in total. The summed E-state index contributed by atoms with van der Waals surface area (Å²) in [6.45, 7) is 0.195. The van der Waals surface area contributed by atoms with Crippen LogP contribution >= 0.6 is 11.3 Å². The average Bonchev–Trinajstić information content (AvgIpc) is 3.09. The summed E-state index contributed by atoms with van der Waals surface area (Å²) < 4.78 is 39.6. The number of amides is 1. The number of hydrogen-bond donors (Lipinski definition) is 1. The van der Waals surface area contributed by atoms with Crippen molar-refractivity contribution >= 4 is 17.2 Å². The maximum absolute atomic E-state index is 13.6. The SMILES string of the molecule is O=C(NCCc1nc(-c2ccncc2)cs1)c1ccc(F)c(F)c1F. The number of thiazole rings is 1. The highest BCUT2D eigenvalue weighted by molar-refractivity contribution is 7.09. The second-order valence-corrected chi connectivity index (χ2v) is 6.03. The van der Waals surface area contributed by atoms with E-state index >= 15 is 0 Å². The van der Waals surface area contributed by atoms with Gasteiger partial charge in [-0.25, -0.2) is 18.2 Å². The molecule has 0 aliphatic heterocycles. The zero-order valence-corrected chi connectivity index (χ0v) is 13.6. The Balaban J connectivity index is 1.59. The molecule has 0 bridgehead atoms. The third-order valence-electron chi connectivity index (χ3n) is 3.43. The van der Waals surface area contributed by atoms with Crippen LogP contribution in [-0.2, 0) is 6.42 Å². The molecule has 8 heteroatoms. The van der Waals surface area contributed by atoms with Crippen molar-refractivity contribution in [2.75, 3.05) is 6.54 Å². The molecule has 0 aliphatic rings. The molecule has 2 heterocycles. The van der Waals surface area contributed by atoms with Crippen LogP contribution < -0.4 is 5.32 Å². The van der Waals surface area contributed by atoms with Gasteiger partial charge < -0.3 is 5.32 Å². The van der Waals surface area contributed by atoms with Gasteiger partial charge in [-0.2, -0.15) is 0 Å². The van der Waals surface area contributed by atoms with Crippen molar-refractivity contribution in [3.63, 3.8) is 0 Å². The van der Waals surface area contributed by atoms with E-state index in [0.29, 0.717) is 6.42 Å². The summed E-state index contributed by atoms with van der Waals surface area (Å²) in [7, 11) is 0. The van der Waals surface area contributed by atoms with Gasteiger partial charge in [0.25, 0.3) is 5.91 Å². The third kappa shape index (κ3) is 3.85. The normalized spacial score (nSPS) is 10.7. The topological polar surface area (TPSA) is 54.9 Å². The summed E-state index contributed by atoms with van der Waals surface area (Å²) in [4.78, 5) is 20.3. The van der Waals surface area contributed by atoms with Gasteiger partial charge in [0.1, 0.15) is 0 Å². The minimum absolute atomic E-state index is 0.195. The summed E-state index contributed by atoms with van der Waals surface area (Å²) in [6.07, 6.45) is 3.78. The second kappa shape index (κ2) is 7.43. The lowest BCUT2D eigenvalue weighted by atomic mass is 10.2. The van der Waals surface area contributed by atoms with E-state index in [4.69, 9.17) is 0 Å². The van der Waals surface area contributed by atoms with E-state index in [1.54, 1.807) is 12.4 Å². The Kier molecular flexibility index (Phi) is 5.08. The van der Waals surface area contributed by atoms with Crippen molar-refractivity contribution in [3.8, 4) is 11.3 Å². The Labute approximate surface area is 145 Å². The molecule has 0 atom stereocenters. The molecule has 0 unspecified atom stereocenters. The Bertz CT molecular complexity index is 899.